The molecule has 6 heteroatoms. The van der Waals surface area contributed by atoms with Gasteiger partial charge in [0.1, 0.15) is 10.5 Å². The molecule has 0 rings (SSSR count). The molecular weight excluding hydrogens is 224 g/mol. The van der Waals surface area contributed by atoms with Gasteiger partial charge in [0.05, 0.1) is 0 Å². The smallest absolute Gasteiger partial charge is 0.872 e. The van der Waals surface area contributed by atoms with E-state index in [1.165, 1.54) is 0 Å². The Hall–Kier alpha value is 1.73. The summed E-state index contributed by atoms with van der Waals surface area (Å²) in [6, 6.07) is 0. The summed E-state index contributed by atoms with van der Waals surface area (Å²) in [6.07, 6.45) is 0. The van der Waals surface area contributed by atoms with Crippen molar-refractivity contribution in [3.05, 3.63) is 0 Å². The van der Waals surface area contributed by atoms with E-state index >= 15 is 0 Å². The summed E-state index contributed by atoms with van der Waals surface area (Å²) in [7, 11) is -1.81. The van der Waals surface area contributed by atoms with Gasteiger partial charge in [-0.25, -0.2) is 0 Å². The quantitative estimate of drug-likeness (QED) is 0.425. The molecule has 0 aromatic heterocycles. The second kappa shape index (κ2) is 6.73. The van der Waals surface area contributed by atoms with Gasteiger partial charge < -0.3 is 14.4 Å². The van der Waals surface area contributed by atoms with Crippen molar-refractivity contribution in [1.29, 1.82) is 0 Å². The third-order valence-electron chi connectivity index (χ3n) is 0.192. The van der Waals surface area contributed by atoms with Crippen molar-refractivity contribution in [2.24, 2.45) is 0 Å². The van der Waals surface area contributed by atoms with Gasteiger partial charge in [0, 0.05) is 7.32 Å². The average molecular weight is 227 g/mol. The van der Waals surface area contributed by atoms with Gasteiger partial charge in [0.15, 0.2) is 0 Å². The molecular formula is H3BBaO3Si. The van der Waals surface area contributed by atoms with Crippen LogP contribution in [0.5, 0.6) is 0 Å². The third-order valence-corrected chi connectivity index (χ3v) is 0.577. The van der Waals surface area contributed by atoms with Crippen molar-refractivity contribution in [2.45, 2.75) is 0 Å². The summed E-state index contributed by atoms with van der Waals surface area (Å²) in [5.41, 5.74) is 0. The minimum absolute atomic E-state index is 0. The molecule has 0 aromatic rings. The molecule has 0 saturated heterocycles. The molecule has 30 valence electrons. The van der Waals surface area contributed by atoms with Gasteiger partial charge in [0.2, 0.25) is 0 Å². The Balaban J connectivity index is 0. The molecule has 0 aliphatic heterocycles. The Morgan fingerprint density at radius 2 is 1.67 bits per heavy atom. The molecule has 0 atom stereocenters. The fraction of sp³-hybridized carbons (Fsp3) is 0. The normalized spacial score (nSPS) is 7.00. The van der Waals surface area contributed by atoms with Crippen LogP contribution in [0.4, 0.5) is 0 Å². The molecule has 0 aliphatic rings. The van der Waals surface area contributed by atoms with Crippen LogP contribution in [-0.4, -0.2) is 66.7 Å². The van der Waals surface area contributed by atoms with Crippen LogP contribution in [0.25, 0.3) is 0 Å². The molecule has 0 spiro atoms. The Morgan fingerprint density at radius 3 is 1.67 bits per heavy atom. The number of hydrogen-bond donors (Lipinski definition) is 0. The van der Waals surface area contributed by atoms with Crippen molar-refractivity contribution in [1.82, 2.24) is 0 Å². The molecule has 0 saturated carbocycles. The monoisotopic (exact) mass is 228 g/mol. The van der Waals surface area contributed by atoms with Crippen molar-refractivity contribution < 1.29 is 14.4 Å². The van der Waals surface area contributed by atoms with E-state index < -0.39 is 7.32 Å². The first-order valence-electron chi connectivity index (χ1n) is 1.12. The van der Waals surface area contributed by atoms with Crippen LogP contribution < -0.4 is 10.0 Å². The minimum Gasteiger partial charge on any atom is -0.872 e. The van der Waals surface area contributed by atoms with E-state index in [0.717, 1.165) is 0 Å². The summed E-state index contributed by atoms with van der Waals surface area (Å²) in [6.45, 7) is 0. The van der Waals surface area contributed by atoms with Gasteiger partial charge >= 0.3 is 48.9 Å². The van der Waals surface area contributed by atoms with Crippen LogP contribution in [0.15, 0.2) is 0 Å². The number of rotatable bonds is 1. The second-order valence-corrected chi connectivity index (χ2v) is 0.996. The van der Waals surface area contributed by atoms with Crippen LogP contribution in [-0.2, 0) is 4.34 Å². The van der Waals surface area contributed by atoms with Gasteiger partial charge in [-0.15, -0.1) is 0 Å². The third kappa shape index (κ3) is 9.22. The van der Waals surface area contributed by atoms with Crippen LogP contribution >= 0.6 is 0 Å². The Bertz CT molecular complexity index is 24.8. The maximum atomic E-state index is 9.15. The largest absolute Gasteiger partial charge is 2.00 e. The summed E-state index contributed by atoms with van der Waals surface area (Å²) in [4.78, 5) is 0. The minimum atomic E-state index is -2.05. The van der Waals surface area contributed by atoms with E-state index in [-0.39, 0.29) is 59.4 Å². The molecule has 0 radical (unpaired) electrons. The molecule has 0 heterocycles. The fourth-order valence-corrected chi connectivity index (χ4v) is 0. The number of hydrogen-bond acceptors (Lipinski definition) is 3. The standard InChI is InChI=1S/BH3O3Si.Ba/c2-1(3)4-5;/h5H3;/q-2;+2. The van der Waals surface area contributed by atoms with E-state index in [1.54, 1.807) is 0 Å². The van der Waals surface area contributed by atoms with Crippen molar-refractivity contribution in [3.63, 3.8) is 0 Å². The van der Waals surface area contributed by atoms with Crippen LogP contribution in [0, 0.1) is 0 Å². The summed E-state index contributed by atoms with van der Waals surface area (Å²) in [5, 5.41) is 18.3. The zero-order valence-electron chi connectivity index (χ0n) is 3.51. The van der Waals surface area contributed by atoms with E-state index in [9.17, 15) is 0 Å². The average Bonchev–Trinajstić information content (AvgIpc) is 1.38. The predicted molar refractivity (Wildman–Crippen MR) is 22.5 cm³/mol. The van der Waals surface area contributed by atoms with Crippen molar-refractivity contribution in [2.75, 3.05) is 0 Å². The molecule has 0 bridgehead atoms. The molecule has 0 aliphatic carbocycles. The molecule has 6 heavy (non-hydrogen) atoms. The van der Waals surface area contributed by atoms with Crippen molar-refractivity contribution >= 4 is 66.7 Å². The van der Waals surface area contributed by atoms with Gasteiger partial charge in [-0.1, -0.05) is 0 Å². The SMILES string of the molecule is [Ba+2].[O-]B([O-])O[SiH3]. The van der Waals surface area contributed by atoms with Crippen LogP contribution in [0.1, 0.15) is 0 Å². The Morgan fingerprint density at radius 1 is 1.50 bits per heavy atom. The van der Waals surface area contributed by atoms with E-state index in [1.807, 2.05) is 0 Å². The van der Waals surface area contributed by atoms with Gasteiger partial charge in [-0.05, 0) is 0 Å². The molecule has 0 unspecified atom stereocenters. The summed E-state index contributed by atoms with van der Waals surface area (Å²) < 4.78 is 3.78. The van der Waals surface area contributed by atoms with E-state index in [2.05, 4.69) is 4.34 Å². The van der Waals surface area contributed by atoms with Gasteiger partial charge in [0.25, 0.3) is 0 Å². The maximum absolute atomic E-state index is 9.15. The van der Waals surface area contributed by atoms with Gasteiger partial charge in [-0.2, -0.15) is 0 Å². The van der Waals surface area contributed by atoms with Crippen LogP contribution in [0.3, 0.4) is 0 Å². The molecule has 0 aromatic carbocycles. The molecule has 0 fully saturated rings. The topological polar surface area (TPSA) is 55.3 Å². The first-order chi connectivity index (χ1) is 2.27. The zero-order chi connectivity index (χ0) is 4.28. The molecule has 0 N–H and O–H groups in total. The Labute approximate surface area is 79.9 Å². The van der Waals surface area contributed by atoms with Gasteiger partial charge in [-0.3, -0.25) is 0 Å². The zero-order valence-corrected chi connectivity index (χ0v) is 9.95. The van der Waals surface area contributed by atoms with Crippen LogP contribution in [0.2, 0.25) is 0 Å². The van der Waals surface area contributed by atoms with E-state index in [4.69, 9.17) is 10.0 Å². The van der Waals surface area contributed by atoms with E-state index in [0.29, 0.717) is 0 Å². The second-order valence-electron chi connectivity index (χ2n) is 0.524. The first kappa shape index (κ1) is 10.7. The first-order valence-corrected chi connectivity index (χ1v) is 1.93. The molecule has 3 nitrogen and oxygen atoms in total. The predicted octanol–water partition coefficient (Wildman–Crippen LogP) is -4.39. The summed E-state index contributed by atoms with van der Waals surface area (Å²) in [5.74, 6) is 0. The summed E-state index contributed by atoms with van der Waals surface area (Å²) >= 11 is 0. The maximum Gasteiger partial charge on any atom is 2.00 e. The Kier molecular flexibility index (Phi) is 12.0. The van der Waals surface area contributed by atoms with Crippen molar-refractivity contribution in [3.8, 4) is 0 Å². The molecule has 0 amide bonds. The fourth-order valence-electron chi connectivity index (χ4n) is 0.